The van der Waals surface area contributed by atoms with Crippen LogP contribution in [0.3, 0.4) is 0 Å². The van der Waals surface area contributed by atoms with Gasteiger partial charge in [-0.3, -0.25) is 4.40 Å². The Balaban J connectivity index is 2.00. The van der Waals surface area contributed by atoms with Crippen molar-refractivity contribution in [2.24, 2.45) is 0 Å². The van der Waals surface area contributed by atoms with E-state index in [1.165, 1.54) is 37.9 Å². The van der Waals surface area contributed by atoms with Gasteiger partial charge in [-0.25, -0.2) is 9.97 Å². The highest BCUT2D eigenvalue weighted by molar-refractivity contribution is 5.76. The Morgan fingerprint density at radius 1 is 1.21 bits per heavy atom. The van der Waals surface area contributed by atoms with E-state index in [1.54, 1.807) is 0 Å². The van der Waals surface area contributed by atoms with Crippen molar-refractivity contribution in [2.45, 2.75) is 44.9 Å². The third kappa shape index (κ3) is 1.59. The Morgan fingerprint density at radius 3 is 2.89 bits per heavy atom. The van der Waals surface area contributed by atoms with Gasteiger partial charge in [0, 0.05) is 12.1 Å². The van der Waals surface area contributed by atoms with E-state index >= 15 is 0 Å². The maximum atomic E-state index is 4.85. The summed E-state index contributed by atoms with van der Waals surface area (Å²) in [7, 11) is 0. The van der Waals surface area contributed by atoms with E-state index in [1.807, 2.05) is 12.4 Å². The Labute approximate surface area is 111 Å². The number of aryl methyl sites for hydroxylation is 1. The molecule has 4 rings (SSSR count). The van der Waals surface area contributed by atoms with Crippen LogP contribution in [0.1, 0.15) is 49.5 Å². The number of nitrogens with zero attached hydrogens (tertiary/aromatic N) is 3. The van der Waals surface area contributed by atoms with E-state index < -0.39 is 0 Å². The van der Waals surface area contributed by atoms with Crippen molar-refractivity contribution in [3.05, 3.63) is 30.0 Å². The molecule has 0 aliphatic heterocycles. The highest BCUT2D eigenvalue weighted by Crippen LogP contribution is 2.34. The third-order valence-electron chi connectivity index (χ3n) is 4.35. The minimum absolute atomic E-state index is 0.607. The molecule has 0 radical (unpaired) electrons. The fourth-order valence-electron chi connectivity index (χ4n) is 3.37. The molecule has 0 amide bonds. The van der Waals surface area contributed by atoms with Crippen LogP contribution in [-0.2, 0) is 0 Å². The maximum Gasteiger partial charge on any atom is 0.154 e. The predicted octanol–water partition coefficient (Wildman–Crippen LogP) is 3.57. The maximum absolute atomic E-state index is 4.85. The summed E-state index contributed by atoms with van der Waals surface area (Å²) < 4.78 is 2.31. The molecule has 3 aromatic heterocycles. The van der Waals surface area contributed by atoms with Crippen LogP contribution in [-0.4, -0.2) is 19.4 Å². The van der Waals surface area contributed by atoms with Crippen molar-refractivity contribution in [1.82, 2.24) is 19.4 Å². The standard InChI is InChI=1S/C15H18N4/c1-10-13-9-17-14-12(7-8-16-14)19(13)15(18-10)11-5-3-2-4-6-11/h7-9,11,16H,2-6H2,1H3. The molecule has 1 aliphatic carbocycles. The van der Waals surface area contributed by atoms with Crippen molar-refractivity contribution in [2.75, 3.05) is 0 Å². The molecular formula is C15H18N4. The number of hydrogen-bond donors (Lipinski definition) is 1. The van der Waals surface area contributed by atoms with E-state index in [0.29, 0.717) is 5.92 Å². The minimum atomic E-state index is 0.607. The summed E-state index contributed by atoms with van der Waals surface area (Å²) in [5, 5.41) is 0. The molecule has 3 heterocycles. The first-order chi connectivity index (χ1) is 9.34. The highest BCUT2D eigenvalue weighted by atomic mass is 15.1. The van der Waals surface area contributed by atoms with Crippen molar-refractivity contribution in [3.8, 4) is 0 Å². The topological polar surface area (TPSA) is 46.0 Å². The van der Waals surface area contributed by atoms with Crippen molar-refractivity contribution < 1.29 is 0 Å². The van der Waals surface area contributed by atoms with Crippen LogP contribution in [0.15, 0.2) is 18.5 Å². The first kappa shape index (κ1) is 11.0. The Kier molecular flexibility index (Phi) is 2.37. The second-order valence-corrected chi connectivity index (χ2v) is 5.58. The molecule has 1 N–H and O–H groups in total. The number of hydrogen-bond acceptors (Lipinski definition) is 2. The number of rotatable bonds is 1. The average molecular weight is 254 g/mol. The Bertz CT molecular complexity index is 731. The quantitative estimate of drug-likeness (QED) is 0.721. The lowest BCUT2D eigenvalue weighted by Gasteiger charge is -2.20. The summed E-state index contributed by atoms with van der Waals surface area (Å²) in [6, 6.07) is 2.10. The van der Waals surface area contributed by atoms with E-state index in [0.717, 1.165) is 22.4 Å². The molecule has 1 aliphatic rings. The zero-order valence-corrected chi connectivity index (χ0v) is 11.2. The largest absolute Gasteiger partial charge is 0.345 e. The molecule has 0 unspecified atom stereocenters. The third-order valence-corrected chi connectivity index (χ3v) is 4.35. The molecule has 19 heavy (non-hydrogen) atoms. The van der Waals surface area contributed by atoms with E-state index in [9.17, 15) is 0 Å². The van der Waals surface area contributed by atoms with Gasteiger partial charge in [-0.05, 0) is 25.8 Å². The molecule has 0 aromatic carbocycles. The molecule has 1 saturated carbocycles. The monoisotopic (exact) mass is 254 g/mol. The van der Waals surface area contributed by atoms with Gasteiger partial charge in [0.25, 0.3) is 0 Å². The van der Waals surface area contributed by atoms with Crippen LogP contribution in [0.4, 0.5) is 0 Å². The molecule has 3 aromatic rings. The van der Waals surface area contributed by atoms with Gasteiger partial charge in [-0.1, -0.05) is 19.3 Å². The SMILES string of the molecule is Cc1nc(C2CCCCC2)n2c1cnc1[nH]ccc12. The van der Waals surface area contributed by atoms with Crippen LogP contribution < -0.4 is 0 Å². The fraction of sp³-hybridized carbons (Fsp3) is 0.467. The van der Waals surface area contributed by atoms with Crippen molar-refractivity contribution in [3.63, 3.8) is 0 Å². The summed E-state index contributed by atoms with van der Waals surface area (Å²) in [6.45, 7) is 2.09. The molecule has 98 valence electrons. The van der Waals surface area contributed by atoms with Gasteiger partial charge in [-0.2, -0.15) is 0 Å². The van der Waals surface area contributed by atoms with Crippen LogP contribution in [0.2, 0.25) is 0 Å². The van der Waals surface area contributed by atoms with Gasteiger partial charge in [0.1, 0.15) is 5.82 Å². The lowest BCUT2D eigenvalue weighted by atomic mass is 9.89. The molecule has 0 spiro atoms. The molecule has 1 fully saturated rings. The van der Waals surface area contributed by atoms with Crippen molar-refractivity contribution >= 4 is 16.7 Å². The van der Waals surface area contributed by atoms with Gasteiger partial charge in [0.05, 0.1) is 22.9 Å². The number of fused-ring (bicyclic) bond motifs is 3. The zero-order chi connectivity index (χ0) is 12.8. The normalized spacial score (nSPS) is 17.5. The lowest BCUT2D eigenvalue weighted by Crippen LogP contribution is -2.09. The second-order valence-electron chi connectivity index (χ2n) is 5.58. The minimum Gasteiger partial charge on any atom is -0.345 e. The molecule has 0 bridgehead atoms. The predicted molar refractivity (Wildman–Crippen MR) is 75.4 cm³/mol. The average Bonchev–Trinajstić information content (AvgIpc) is 3.04. The van der Waals surface area contributed by atoms with Gasteiger partial charge in [-0.15, -0.1) is 0 Å². The molecule has 4 nitrogen and oxygen atoms in total. The van der Waals surface area contributed by atoms with Crippen LogP contribution >= 0.6 is 0 Å². The Hall–Kier alpha value is -1.84. The lowest BCUT2D eigenvalue weighted by molar-refractivity contribution is 0.428. The summed E-state index contributed by atoms with van der Waals surface area (Å²) in [5.41, 5.74) is 4.34. The molecular weight excluding hydrogens is 236 g/mol. The highest BCUT2D eigenvalue weighted by Gasteiger charge is 2.22. The Morgan fingerprint density at radius 2 is 2.05 bits per heavy atom. The summed E-state index contributed by atoms with van der Waals surface area (Å²) in [6.07, 6.45) is 10.5. The summed E-state index contributed by atoms with van der Waals surface area (Å²) >= 11 is 0. The number of aromatic nitrogens is 4. The fourth-order valence-corrected chi connectivity index (χ4v) is 3.37. The van der Waals surface area contributed by atoms with Gasteiger partial charge < -0.3 is 4.98 Å². The smallest absolute Gasteiger partial charge is 0.154 e. The van der Waals surface area contributed by atoms with E-state index in [2.05, 4.69) is 27.4 Å². The van der Waals surface area contributed by atoms with E-state index in [4.69, 9.17) is 4.98 Å². The van der Waals surface area contributed by atoms with Gasteiger partial charge in [0.15, 0.2) is 5.65 Å². The molecule has 4 heteroatoms. The van der Waals surface area contributed by atoms with Gasteiger partial charge >= 0.3 is 0 Å². The molecule has 0 saturated heterocycles. The van der Waals surface area contributed by atoms with Crippen LogP contribution in [0, 0.1) is 6.92 Å². The van der Waals surface area contributed by atoms with Crippen molar-refractivity contribution in [1.29, 1.82) is 0 Å². The zero-order valence-electron chi connectivity index (χ0n) is 11.2. The molecule has 0 atom stereocenters. The summed E-state index contributed by atoms with van der Waals surface area (Å²) in [4.78, 5) is 12.5. The first-order valence-electron chi connectivity index (χ1n) is 7.15. The van der Waals surface area contributed by atoms with E-state index in [-0.39, 0.29) is 0 Å². The summed E-state index contributed by atoms with van der Waals surface area (Å²) in [5.74, 6) is 1.84. The van der Waals surface area contributed by atoms with Gasteiger partial charge in [0.2, 0.25) is 0 Å². The number of nitrogens with one attached hydrogen (secondary N) is 1. The number of imidazole rings is 1. The van der Waals surface area contributed by atoms with Crippen LogP contribution in [0.5, 0.6) is 0 Å². The second kappa shape index (κ2) is 4.08. The number of aromatic amines is 1. The van der Waals surface area contributed by atoms with Crippen LogP contribution in [0.25, 0.3) is 16.7 Å². The number of H-pyrrole nitrogens is 1. The first-order valence-corrected chi connectivity index (χ1v) is 7.15.